The van der Waals surface area contributed by atoms with Gasteiger partial charge in [-0.2, -0.15) is 0 Å². The molecule has 5 heteroatoms. The van der Waals surface area contributed by atoms with Crippen molar-refractivity contribution in [2.45, 2.75) is 23.7 Å². The van der Waals surface area contributed by atoms with Gasteiger partial charge >= 0.3 is 0 Å². The van der Waals surface area contributed by atoms with E-state index in [1.165, 1.54) is 22.1 Å². The van der Waals surface area contributed by atoms with Crippen LogP contribution < -0.4 is 0 Å². The molecule has 0 amide bonds. The van der Waals surface area contributed by atoms with Gasteiger partial charge in [-0.25, -0.2) is 0 Å². The molecule has 1 aliphatic rings. The quantitative estimate of drug-likeness (QED) is 0.780. The highest BCUT2D eigenvalue weighted by molar-refractivity contribution is 8.00. The first kappa shape index (κ1) is 15.2. The highest BCUT2D eigenvalue weighted by atomic mass is 32.2. The normalized spacial score (nSPS) is 18.0. The molecule has 3 rings (SSSR count). The van der Waals surface area contributed by atoms with Crippen molar-refractivity contribution in [3.8, 4) is 0 Å². The highest BCUT2D eigenvalue weighted by Crippen LogP contribution is 2.26. The lowest BCUT2D eigenvalue weighted by Gasteiger charge is -2.20. The van der Waals surface area contributed by atoms with E-state index in [-0.39, 0.29) is 0 Å². The third-order valence-electron chi connectivity index (χ3n) is 3.86. The Morgan fingerprint density at radius 2 is 1.90 bits per heavy atom. The van der Waals surface area contributed by atoms with Gasteiger partial charge in [-0.1, -0.05) is 0 Å². The maximum absolute atomic E-state index is 5.46. The molecular formula is C16H22N2OS2. The van der Waals surface area contributed by atoms with E-state index in [1.807, 2.05) is 29.2 Å². The fraction of sp³-hybridized carbons (Fsp3) is 0.500. The largest absolute Gasteiger partial charge is 0.468 e. The van der Waals surface area contributed by atoms with Crippen LogP contribution in [0.3, 0.4) is 0 Å². The Labute approximate surface area is 134 Å². The van der Waals surface area contributed by atoms with Gasteiger partial charge in [0.15, 0.2) is 0 Å². The molecular weight excluding hydrogens is 300 g/mol. The van der Waals surface area contributed by atoms with E-state index in [1.54, 1.807) is 6.26 Å². The predicted octanol–water partition coefficient (Wildman–Crippen LogP) is 3.77. The molecule has 3 heterocycles. The van der Waals surface area contributed by atoms with Gasteiger partial charge in [0.25, 0.3) is 0 Å². The first-order chi connectivity index (χ1) is 10.3. The number of thiophene rings is 1. The summed E-state index contributed by atoms with van der Waals surface area (Å²) in [6.07, 6.45) is 5.15. The lowest BCUT2D eigenvalue weighted by molar-refractivity contribution is 0.235. The first-order valence-electron chi connectivity index (χ1n) is 7.43. The van der Waals surface area contributed by atoms with E-state index in [0.29, 0.717) is 0 Å². The van der Waals surface area contributed by atoms with E-state index < -0.39 is 0 Å². The lowest BCUT2D eigenvalue weighted by Crippen LogP contribution is -2.30. The van der Waals surface area contributed by atoms with E-state index in [2.05, 4.69) is 34.3 Å². The first-order valence-corrected chi connectivity index (χ1v) is 9.47. The number of rotatable bonds is 5. The highest BCUT2D eigenvalue weighted by Gasteiger charge is 2.16. The van der Waals surface area contributed by atoms with E-state index in [0.717, 1.165) is 38.5 Å². The smallest absolute Gasteiger partial charge is 0.117 e. The van der Waals surface area contributed by atoms with Gasteiger partial charge in [0.2, 0.25) is 0 Å². The molecule has 0 N–H and O–H groups in total. The van der Waals surface area contributed by atoms with Crippen molar-refractivity contribution < 1.29 is 4.42 Å². The molecule has 0 spiro atoms. The van der Waals surface area contributed by atoms with Crippen molar-refractivity contribution in [1.29, 1.82) is 0 Å². The summed E-state index contributed by atoms with van der Waals surface area (Å²) in [5, 5.41) is 0. The van der Waals surface area contributed by atoms with E-state index in [9.17, 15) is 0 Å². The summed E-state index contributed by atoms with van der Waals surface area (Å²) < 4.78 is 6.87. The van der Waals surface area contributed by atoms with Gasteiger partial charge in [0.1, 0.15) is 5.76 Å². The summed E-state index contributed by atoms with van der Waals surface area (Å²) in [5.74, 6) is 1.08. The second-order valence-corrected chi connectivity index (χ2v) is 7.68. The van der Waals surface area contributed by atoms with Crippen LogP contribution in [0.5, 0.6) is 0 Å². The molecule has 0 radical (unpaired) electrons. The monoisotopic (exact) mass is 322 g/mol. The van der Waals surface area contributed by atoms with Gasteiger partial charge in [-0.05, 0) is 50.0 Å². The molecule has 2 aromatic heterocycles. The Morgan fingerprint density at radius 3 is 2.57 bits per heavy atom. The number of furan rings is 1. The van der Waals surface area contributed by atoms with Crippen molar-refractivity contribution in [1.82, 2.24) is 9.80 Å². The molecule has 1 aliphatic heterocycles. The molecule has 0 unspecified atom stereocenters. The minimum Gasteiger partial charge on any atom is -0.468 e. The van der Waals surface area contributed by atoms with E-state index >= 15 is 0 Å². The zero-order chi connectivity index (χ0) is 14.5. The maximum Gasteiger partial charge on any atom is 0.117 e. The fourth-order valence-corrected chi connectivity index (χ4v) is 4.37. The standard InChI is InChI=1S/C16H22N2OS2/c1-20-16-6-5-15(21-16)13-18-8-3-7-17(9-10-18)12-14-4-2-11-19-14/h2,4-6,11H,3,7-10,12-13H2,1H3. The third kappa shape index (κ3) is 4.36. The van der Waals surface area contributed by atoms with Gasteiger partial charge in [-0.15, -0.1) is 23.1 Å². The predicted molar refractivity (Wildman–Crippen MR) is 90.0 cm³/mol. The molecule has 1 fully saturated rings. The van der Waals surface area contributed by atoms with Crippen molar-refractivity contribution in [3.63, 3.8) is 0 Å². The summed E-state index contributed by atoms with van der Waals surface area (Å²) in [6, 6.07) is 8.56. The second kappa shape index (κ2) is 7.49. The van der Waals surface area contributed by atoms with E-state index in [4.69, 9.17) is 4.42 Å². The van der Waals surface area contributed by atoms with Crippen molar-refractivity contribution >= 4 is 23.1 Å². The molecule has 21 heavy (non-hydrogen) atoms. The fourth-order valence-electron chi connectivity index (χ4n) is 2.74. The minimum atomic E-state index is 0.941. The number of nitrogens with zero attached hydrogens (tertiary/aromatic N) is 2. The van der Waals surface area contributed by atoms with Crippen LogP contribution in [0.2, 0.25) is 0 Å². The number of hydrogen-bond donors (Lipinski definition) is 0. The third-order valence-corrected chi connectivity index (χ3v) is 6.01. The Bertz CT molecular complexity index is 538. The zero-order valence-corrected chi connectivity index (χ0v) is 14.1. The summed E-state index contributed by atoms with van der Waals surface area (Å²) in [4.78, 5) is 6.57. The van der Waals surface area contributed by atoms with Gasteiger partial charge in [-0.3, -0.25) is 9.80 Å². The average Bonchev–Trinajstić information content (AvgIpc) is 3.10. The SMILES string of the molecule is CSc1ccc(CN2CCCN(Cc3ccco3)CC2)s1. The van der Waals surface area contributed by atoms with Crippen LogP contribution >= 0.6 is 23.1 Å². The lowest BCUT2D eigenvalue weighted by atomic mass is 10.3. The van der Waals surface area contributed by atoms with Crippen molar-refractivity contribution in [2.24, 2.45) is 0 Å². The van der Waals surface area contributed by atoms with Crippen LogP contribution in [-0.4, -0.2) is 42.2 Å². The van der Waals surface area contributed by atoms with Crippen LogP contribution in [0.25, 0.3) is 0 Å². The minimum absolute atomic E-state index is 0.941. The number of thioether (sulfide) groups is 1. The van der Waals surface area contributed by atoms with Crippen molar-refractivity contribution in [3.05, 3.63) is 41.2 Å². The molecule has 0 bridgehead atoms. The molecule has 0 aliphatic carbocycles. The molecule has 0 aromatic carbocycles. The average molecular weight is 322 g/mol. The van der Waals surface area contributed by atoms with Crippen LogP contribution in [0.4, 0.5) is 0 Å². The van der Waals surface area contributed by atoms with Gasteiger partial charge in [0.05, 0.1) is 17.0 Å². The Balaban J connectivity index is 1.50. The number of hydrogen-bond acceptors (Lipinski definition) is 5. The Hall–Kier alpha value is -0.750. The van der Waals surface area contributed by atoms with Crippen LogP contribution in [0.15, 0.2) is 39.2 Å². The molecule has 0 atom stereocenters. The zero-order valence-electron chi connectivity index (χ0n) is 12.5. The van der Waals surface area contributed by atoms with Gasteiger partial charge < -0.3 is 4.42 Å². The van der Waals surface area contributed by atoms with Crippen LogP contribution in [0.1, 0.15) is 17.1 Å². The van der Waals surface area contributed by atoms with Crippen LogP contribution in [-0.2, 0) is 13.1 Å². The topological polar surface area (TPSA) is 19.6 Å². The molecule has 114 valence electrons. The summed E-state index contributed by atoms with van der Waals surface area (Å²) in [7, 11) is 0. The molecule has 1 saturated heterocycles. The Morgan fingerprint density at radius 1 is 1.10 bits per heavy atom. The van der Waals surface area contributed by atoms with Gasteiger partial charge in [0, 0.05) is 24.5 Å². The summed E-state index contributed by atoms with van der Waals surface area (Å²) in [6.45, 7) is 6.67. The molecule has 2 aromatic rings. The molecule has 0 saturated carbocycles. The summed E-state index contributed by atoms with van der Waals surface area (Å²) >= 11 is 3.77. The Kier molecular flexibility index (Phi) is 5.41. The molecule has 3 nitrogen and oxygen atoms in total. The second-order valence-electron chi connectivity index (χ2n) is 5.41. The summed E-state index contributed by atoms with van der Waals surface area (Å²) in [5.41, 5.74) is 0. The van der Waals surface area contributed by atoms with Crippen LogP contribution in [0, 0.1) is 0 Å². The van der Waals surface area contributed by atoms with Crippen molar-refractivity contribution in [2.75, 3.05) is 32.4 Å². The maximum atomic E-state index is 5.46.